The zero-order valence-corrected chi connectivity index (χ0v) is 14.3. The Kier molecular flexibility index (Phi) is 5.27. The van der Waals surface area contributed by atoms with Crippen LogP contribution in [0.15, 0.2) is 0 Å². The highest BCUT2D eigenvalue weighted by Gasteiger charge is 2.22. The van der Waals surface area contributed by atoms with Crippen molar-refractivity contribution in [2.45, 2.75) is 58.6 Å². The molecule has 0 N–H and O–H groups in total. The first-order chi connectivity index (χ1) is 9.99. The number of ether oxygens (including phenoxy) is 1. The molecule has 0 saturated carbocycles. The van der Waals surface area contributed by atoms with Gasteiger partial charge in [0, 0.05) is 13.7 Å². The summed E-state index contributed by atoms with van der Waals surface area (Å²) in [5.74, 6) is 0.892. The summed E-state index contributed by atoms with van der Waals surface area (Å²) in [7, 11) is 1.97. The molecule has 0 aliphatic rings. The Labute approximate surface area is 131 Å². The Balaban J connectivity index is 2.51. The average molecular weight is 313 g/mol. The van der Waals surface area contributed by atoms with Crippen molar-refractivity contribution < 1.29 is 4.74 Å². The number of alkyl halides is 1. The number of imidazole rings is 1. The van der Waals surface area contributed by atoms with E-state index in [-0.39, 0.29) is 11.5 Å². The van der Waals surface area contributed by atoms with Gasteiger partial charge in [0.2, 0.25) is 0 Å². The van der Waals surface area contributed by atoms with E-state index in [0.717, 1.165) is 42.1 Å². The van der Waals surface area contributed by atoms with Crippen molar-refractivity contribution in [2.24, 2.45) is 7.05 Å². The third-order valence-corrected chi connectivity index (χ3v) is 3.75. The molecule has 0 amide bonds. The van der Waals surface area contributed by atoms with Gasteiger partial charge in [0.15, 0.2) is 5.65 Å². The van der Waals surface area contributed by atoms with Gasteiger partial charge >= 0.3 is 0 Å². The lowest BCUT2D eigenvalue weighted by Gasteiger charge is -2.16. The van der Waals surface area contributed by atoms with Crippen LogP contribution in [-0.2, 0) is 24.8 Å². The van der Waals surface area contributed by atoms with Crippen molar-refractivity contribution in [3.8, 4) is 0 Å². The Morgan fingerprint density at radius 3 is 2.57 bits per heavy atom. The van der Waals surface area contributed by atoms with E-state index in [1.807, 2.05) is 25.6 Å². The van der Waals surface area contributed by atoms with Gasteiger partial charge in [-0.2, -0.15) is 5.10 Å². The average Bonchev–Trinajstić information content (AvgIpc) is 2.91. The molecule has 0 saturated heterocycles. The van der Waals surface area contributed by atoms with Crippen molar-refractivity contribution in [1.82, 2.24) is 19.3 Å². The minimum Gasteiger partial charge on any atom is -0.377 e. The van der Waals surface area contributed by atoms with E-state index < -0.39 is 0 Å². The smallest absolute Gasteiger partial charge is 0.158 e. The molecule has 0 spiro atoms. The summed E-state index contributed by atoms with van der Waals surface area (Å²) < 4.78 is 9.74. The molecule has 2 rings (SSSR count). The highest BCUT2D eigenvalue weighted by Crippen LogP contribution is 2.27. The standard InChI is InChI=1S/C15H25ClN4O/c1-6-8-12-13-15(19(5)18-12)20(9-10(3)21-7-2)14(17-13)11(4)16/h10-11H,6-9H2,1-5H3. The van der Waals surface area contributed by atoms with Gasteiger partial charge in [-0.05, 0) is 27.2 Å². The molecule has 118 valence electrons. The third-order valence-electron chi connectivity index (χ3n) is 3.55. The van der Waals surface area contributed by atoms with Crippen LogP contribution in [0.2, 0.25) is 0 Å². The van der Waals surface area contributed by atoms with Crippen molar-refractivity contribution in [3.05, 3.63) is 11.5 Å². The van der Waals surface area contributed by atoms with E-state index in [2.05, 4.69) is 23.5 Å². The van der Waals surface area contributed by atoms with Crippen LogP contribution < -0.4 is 0 Å². The molecule has 21 heavy (non-hydrogen) atoms. The van der Waals surface area contributed by atoms with Crippen LogP contribution in [0.3, 0.4) is 0 Å². The van der Waals surface area contributed by atoms with Gasteiger partial charge in [0.05, 0.1) is 23.7 Å². The second-order valence-electron chi connectivity index (χ2n) is 5.46. The zero-order chi connectivity index (χ0) is 15.6. The first kappa shape index (κ1) is 16.3. The van der Waals surface area contributed by atoms with Crippen LogP contribution in [-0.4, -0.2) is 32.0 Å². The van der Waals surface area contributed by atoms with E-state index >= 15 is 0 Å². The van der Waals surface area contributed by atoms with Crippen LogP contribution in [0.5, 0.6) is 0 Å². The summed E-state index contributed by atoms with van der Waals surface area (Å²) in [6, 6.07) is 0. The van der Waals surface area contributed by atoms with Crippen LogP contribution in [0.4, 0.5) is 0 Å². The Morgan fingerprint density at radius 1 is 1.29 bits per heavy atom. The number of fused-ring (bicyclic) bond motifs is 1. The number of aryl methyl sites for hydroxylation is 2. The fourth-order valence-electron chi connectivity index (χ4n) is 2.74. The lowest BCUT2D eigenvalue weighted by atomic mass is 10.2. The number of aromatic nitrogens is 4. The number of rotatable bonds is 7. The highest BCUT2D eigenvalue weighted by molar-refractivity contribution is 6.20. The summed E-state index contributed by atoms with van der Waals surface area (Å²) in [5.41, 5.74) is 3.06. The molecule has 2 heterocycles. The molecule has 0 radical (unpaired) electrons. The third kappa shape index (κ3) is 3.24. The van der Waals surface area contributed by atoms with Crippen molar-refractivity contribution in [1.29, 1.82) is 0 Å². The van der Waals surface area contributed by atoms with Gasteiger partial charge in [-0.25, -0.2) is 4.98 Å². The van der Waals surface area contributed by atoms with Gasteiger partial charge in [0.1, 0.15) is 11.3 Å². The van der Waals surface area contributed by atoms with Gasteiger partial charge in [0.25, 0.3) is 0 Å². The molecule has 0 aliphatic carbocycles. The second kappa shape index (κ2) is 6.79. The fourth-order valence-corrected chi connectivity index (χ4v) is 2.91. The second-order valence-corrected chi connectivity index (χ2v) is 6.11. The van der Waals surface area contributed by atoms with Crippen LogP contribution in [0.25, 0.3) is 11.2 Å². The monoisotopic (exact) mass is 312 g/mol. The number of nitrogens with zero attached hydrogens (tertiary/aromatic N) is 4. The molecule has 0 fully saturated rings. The van der Waals surface area contributed by atoms with E-state index in [1.54, 1.807) is 0 Å². The minimum atomic E-state index is -0.138. The van der Waals surface area contributed by atoms with Gasteiger partial charge in [-0.15, -0.1) is 11.6 Å². The maximum Gasteiger partial charge on any atom is 0.158 e. The molecule has 2 unspecified atom stereocenters. The predicted molar refractivity (Wildman–Crippen MR) is 85.9 cm³/mol. The Bertz CT molecular complexity index is 602. The van der Waals surface area contributed by atoms with Crippen molar-refractivity contribution >= 4 is 22.8 Å². The van der Waals surface area contributed by atoms with Crippen molar-refractivity contribution in [2.75, 3.05) is 6.61 Å². The van der Waals surface area contributed by atoms with Crippen LogP contribution in [0.1, 0.15) is 51.0 Å². The predicted octanol–water partition coefficient (Wildman–Crippen LogP) is 3.45. The zero-order valence-electron chi connectivity index (χ0n) is 13.6. The van der Waals surface area contributed by atoms with Gasteiger partial charge < -0.3 is 9.30 Å². The maximum atomic E-state index is 6.33. The molecule has 2 atom stereocenters. The largest absolute Gasteiger partial charge is 0.377 e. The van der Waals surface area contributed by atoms with E-state index in [4.69, 9.17) is 21.3 Å². The summed E-state index contributed by atoms with van der Waals surface area (Å²) in [6.07, 6.45) is 2.11. The van der Waals surface area contributed by atoms with Crippen molar-refractivity contribution in [3.63, 3.8) is 0 Å². The van der Waals surface area contributed by atoms with Gasteiger partial charge in [-0.3, -0.25) is 4.68 Å². The molecular formula is C15H25ClN4O. The number of hydrogen-bond acceptors (Lipinski definition) is 3. The summed E-state index contributed by atoms with van der Waals surface area (Å²) in [4.78, 5) is 4.76. The molecule has 0 aromatic carbocycles. The molecule has 2 aromatic rings. The molecule has 0 bridgehead atoms. The number of hydrogen-bond donors (Lipinski definition) is 0. The van der Waals surface area contributed by atoms with Crippen LogP contribution >= 0.6 is 11.6 Å². The fraction of sp³-hybridized carbons (Fsp3) is 0.733. The minimum absolute atomic E-state index is 0.117. The lowest BCUT2D eigenvalue weighted by molar-refractivity contribution is 0.0640. The summed E-state index contributed by atoms with van der Waals surface area (Å²) in [6.45, 7) is 9.63. The van der Waals surface area contributed by atoms with E-state index in [0.29, 0.717) is 6.61 Å². The maximum absolute atomic E-state index is 6.33. The molecular weight excluding hydrogens is 288 g/mol. The highest BCUT2D eigenvalue weighted by atomic mass is 35.5. The summed E-state index contributed by atoms with van der Waals surface area (Å²) >= 11 is 6.33. The normalized spacial score (nSPS) is 14.8. The Morgan fingerprint density at radius 2 is 2.00 bits per heavy atom. The molecule has 5 nitrogen and oxygen atoms in total. The number of halogens is 1. The molecule has 6 heteroatoms. The Hall–Kier alpha value is -1.07. The SMILES string of the molecule is CCCc1nn(C)c2c1nc(C(C)Cl)n2CC(C)OCC. The molecule has 0 aliphatic heterocycles. The topological polar surface area (TPSA) is 44.9 Å². The first-order valence-electron chi connectivity index (χ1n) is 7.67. The quantitative estimate of drug-likeness (QED) is 0.736. The summed E-state index contributed by atoms with van der Waals surface area (Å²) in [5, 5.41) is 4.47. The van der Waals surface area contributed by atoms with Crippen LogP contribution in [0, 0.1) is 0 Å². The van der Waals surface area contributed by atoms with Gasteiger partial charge in [-0.1, -0.05) is 13.3 Å². The molecule has 2 aromatic heterocycles. The van der Waals surface area contributed by atoms with E-state index in [9.17, 15) is 0 Å². The first-order valence-corrected chi connectivity index (χ1v) is 8.10. The van der Waals surface area contributed by atoms with E-state index in [1.165, 1.54) is 0 Å². The lowest BCUT2D eigenvalue weighted by Crippen LogP contribution is -2.19.